The summed E-state index contributed by atoms with van der Waals surface area (Å²) >= 11 is 0. The van der Waals surface area contributed by atoms with Gasteiger partial charge in [0.25, 0.3) is 0 Å². The number of aromatic nitrogens is 3. The largest absolute Gasteiger partial charge is 0.476 e. The number of hydrogen-bond acceptors (Lipinski definition) is 3. The molecular formula is C13H15N3O2. The molecule has 0 aliphatic heterocycles. The molecule has 94 valence electrons. The van der Waals surface area contributed by atoms with Gasteiger partial charge in [-0.25, -0.2) is 9.48 Å². The molecule has 0 atom stereocenters. The van der Waals surface area contributed by atoms with Crippen LogP contribution in [0.15, 0.2) is 24.3 Å². The minimum atomic E-state index is -1.04. The van der Waals surface area contributed by atoms with Crippen molar-refractivity contribution in [2.75, 3.05) is 0 Å². The van der Waals surface area contributed by atoms with Gasteiger partial charge in [0.05, 0.1) is 11.4 Å². The molecule has 0 unspecified atom stereocenters. The highest BCUT2D eigenvalue weighted by atomic mass is 16.4. The summed E-state index contributed by atoms with van der Waals surface area (Å²) in [6.07, 6.45) is 0. The van der Waals surface area contributed by atoms with E-state index in [0.29, 0.717) is 5.69 Å². The molecule has 5 nitrogen and oxygen atoms in total. The van der Waals surface area contributed by atoms with Gasteiger partial charge >= 0.3 is 5.97 Å². The molecule has 0 radical (unpaired) electrons. The molecule has 5 heteroatoms. The molecule has 1 N–H and O–H groups in total. The number of carboxylic acid groups (broad SMARTS) is 1. The summed E-state index contributed by atoms with van der Waals surface area (Å²) < 4.78 is 1.60. The Morgan fingerprint density at radius 2 is 2.11 bits per heavy atom. The fraction of sp³-hybridized carbons (Fsp3) is 0.308. The first-order chi connectivity index (χ1) is 8.50. The minimum Gasteiger partial charge on any atom is -0.476 e. The number of nitrogens with zero attached hydrogens (tertiary/aromatic N) is 3. The third-order valence-electron chi connectivity index (χ3n) is 2.70. The molecule has 0 fully saturated rings. The number of aromatic carboxylic acids is 1. The van der Waals surface area contributed by atoms with Crippen LogP contribution in [0.5, 0.6) is 0 Å². The van der Waals surface area contributed by atoms with Crippen molar-refractivity contribution in [2.45, 2.75) is 26.7 Å². The fourth-order valence-electron chi connectivity index (χ4n) is 1.91. The average molecular weight is 245 g/mol. The third kappa shape index (κ3) is 2.11. The van der Waals surface area contributed by atoms with Gasteiger partial charge in [-0.3, -0.25) is 0 Å². The normalized spacial score (nSPS) is 10.9. The Morgan fingerprint density at radius 3 is 2.67 bits per heavy atom. The van der Waals surface area contributed by atoms with Crippen molar-refractivity contribution in [1.29, 1.82) is 0 Å². The molecule has 18 heavy (non-hydrogen) atoms. The molecule has 2 aromatic rings. The van der Waals surface area contributed by atoms with Crippen molar-refractivity contribution in [2.24, 2.45) is 0 Å². The lowest BCUT2D eigenvalue weighted by Crippen LogP contribution is -2.08. The van der Waals surface area contributed by atoms with E-state index in [9.17, 15) is 4.79 Å². The van der Waals surface area contributed by atoms with Gasteiger partial charge in [0.1, 0.15) is 0 Å². The number of aryl methyl sites for hydroxylation is 1. The van der Waals surface area contributed by atoms with Gasteiger partial charge in [0.2, 0.25) is 0 Å². The van der Waals surface area contributed by atoms with Crippen molar-refractivity contribution < 1.29 is 9.90 Å². The molecule has 0 aliphatic carbocycles. The highest BCUT2D eigenvalue weighted by Gasteiger charge is 2.22. The fourth-order valence-corrected chi connectivity index (χ4v) is 1.91. The Hall–Kier alpha value is -2.17. The average Bonchev–Trinajstić information content (AvgIpc) is 2.73. The Morgan fingerprint density at radius 1 is 1.39 bits per heavy atom. The van der Waals surface area contributed by atoms with E-state index in [0.717, 1.165) is 11.3 Å². The van der Waals surface area contributed by atoms with Gasteiger partial charge in [0, 0.05) is 0 Å². The highest BCUT2D eigenvalue weighted by Crippen LogP contribution is 2.21. The van der Waals surface area contributed by atoms with Crippen molar-refractivity contribution in [3.05, 3.63) is 41.2 Å². The van der Waals surface area contributed by atoms with Crippen LogP contribution < -0.4 is 0 Å². The lowest BCUT2D eigenvalue weighted by atomic mass is 10.1. The molecule has 2 rings (SSSR count). The van der Waals surface area contributed by atoms with Crippen molar-refractivity contribution in [3.63, 3.8) is 0 Å². The predicted molar refractivity (Wildman–Crippen MR) is 67.1 cm³/mol. The van der Waals surface area contributed by atoms with Crippen molar-refractivity contribution >= 4 is 5.97 Å². The van der Waals surface area contributed by atoms with Gasteiger partial charge in [-0.15, -0.1) is 5.10 Å². The molecule has 1 heterocycles. The zero-order valence-electron chi connectivity index (χ0n) is 10.6. The Labute approximate surface area is 105 Å². The molecule has 1 aromatic carbocycles. The van der Waals surface area contributed by atoms with Crippen molar-refractivity contribution in [3.8, 4) is 5.69 Å². The molecule has 1 aromatic heterocycles. The number of carbonyl (C=O) groups is 1. The zero-order chi connectivity index (χ0) is 13.3. The minimum absolute atomic E-state index is 0.0199. The second-order valence-corrected chi connectivity index (χ2v) is 4.53. The van der Waals surface area contributed by atoms with E-state index in [2.05, 4.69) is 10.3 Å². The second-order valence-electron chi connectivity index (χ2n) is 4.53. The summed E-state index contributed by atoms with van der Waals surface area (Å²) in [6, 6.07) is 7.73. The SMILES string of the molecule is Cc1cccc(-n2nnc(C(=O)O)c2C(C)C)c1. The van der Waals surface area contributed by atoms with E-state index in [-0.39, 0.29) is 11.6 Å². The van der Waals surface area contributed by atoms with E-state index in [1.807, 2.05) is 45.0 Å². The Balaban J connectivity index is 2.61. The van der Waals surface area contributed by atoms with E-state index in [4.69, 9.17) is 5.11 Å². The first-order valence-corrected chi connectivity index (χ1v) is 5.76. The van der Waals surface area contributed by atoms with E-state index < -0.39 is 5.97 Å². The molecule has 0 spiro atoms. The lowest BCUT2D eigenvalue weighted by Gasteiger charge is -2.10. The molecule has 0 bridgehead atoms. The number of rotatable bonds is 3. The van der Waals surface area contributed by atoms with Crippen LogP contribution in [0.2, 0.25) is 0 Å². The van der Waals surface area contributed by atoms with E-state index >= 15 is 0 Å². The van der Waals surface area contributed by atoms with Gasteiger partial charge in [-0.1, -0.05) is 31.2 Å². The number of hydrogen-bond donors (Lipinski definition) is 1. The summed E-state index contributed by atoms with van der Waals surface area (Å²) in [7, 11) is 0. The first-order valence-electron chi connectivity index (χ1n) is 5.76. The quantitative estimate of drug-likeness (QED) is 0.901. The summed E-state index contributed by atoms with van der Waals surface area (Å²) in [6.45, 7) is 5.84. The maximum atomic E-state index is 11.1. The first kappa shape index (κ1) is 12.3. The summed E-state index contributed by atoms with van der Waals surface area (Å²) in [5.41, 5.74) is 2.56. The monoisotopic (exact) mass is 245 g/mol. The standard InChI is InChI=1S/C13H15N3O2/c1-8(2)12-11(13(17)18)14-15-16(12)10-6-4-5-9(3)7-10/h4-8H,1-3H3,(H,17,18). The maximum absolute atomic E-state index is 11.1. The van der Waals surface area contributed by atoms with Gasteiger partial charge < -0.3 is 5.11 Å². The Bertz CT molecular complexity index is 588. The highest BCUT2D eigenvalue weighted by molar-refractivity contribution is 5.86. The van der Waals surface area contributed by atoms with Gasteiger partial charge in [-0.05, 0) is 30.5 Å². The summed E-state index contributed by atoms with van der Waals surface area (Å²) in [5, 5.41) is 16.8. The van der Waals surface area contributed by atoms with Crippen LogP contribution in [0, 0.1) is 6.92 Å². The predicted octanol–water partition coefficient (Wildman–Crippen LogP) is 2.40. The van der Waals surface area contributed by atoms with Crippen LogP contribution in [-0.2, 0) is 0 Å². The van der Waals surface area contributed by atoms with Crippen molar-refractivity contribution in [1.82, 2.24) is 15.0 Å². The van der Waals surface area contributed by atoms with E-state index in [1.54, 1.807) is 4.68 Å². The number of carboxylic acids is 1. The van der Waals surface area contributed by atoms with E-state index in [1.165, 1.54) is 0 Å². The second kappa shape index (κ2) is 4.60. The molecule has 0 aliphatic rings. The smallest absolute Gasteiger partial charge is 0.358 e. The molecule has 0 amide bonds. The van der Waals surface area contributed by atoms with Crippen LogP contribution >= 0.6 is 0 Å². The summed E-state index contributed by atoms with van der Waals surface area (Å²) in [5.74, 6) is -1.01. The van der Waals surface area contributed by atoms with Crippen LogP contribution in [0.1, 0.15) is 41.5 Å². The summed E-state index contributed by atoms with van der Waals surface area (Å²) in [4.78, 5) is 11.1. The molecular weight excluding hydrogens is 230 g/mol. The molecule has 0 saturated carbocycles. The van der Waals surface area contributed by atoms with Crippen LogP contribution in [-0.4, -0.2) is 26.1 Å². The molecule has 0 saturated heterocycles. The topological polar surface area (TPSA) is 68.0 Å². The lowest BCUT2D eigenvalue weighted by molar-refractivity contribution is 0.0688. The Kier molecular flexibility index (Phi) is 3.14. The van der Waals surface area contributed by atoms with Crippen LogP contribution in [0.4, 0.5) is 0 Å². The third-order valence-corrected chi connectivity index (χ3v) is 2.70. The van der Waals surface area contributed by atoms with Gasteiger partial charge in [0.15, 0.2) is 5.69 Å². The number of benzene rings is 1. The maximum Gasteiger partial charge on any atom is 0.358 e. The van der Waals surface area contributed by atoms with Gasteiger partial charge in [-0.2, -0.15) is 0 Å². The van der Waals surface area contributed by atoms with Crippen LogP contribution in [0.3, 0.4) is 0 Å². The zero-order valence-corrected chi connectivity index (χ0v) is 10.6. The van der Waals surface area contributed by atoms with Crippen LogP contribution in [0.25, 0.3) is 5.69 Å².